The molecular weight excluding hydrogens is 517 g/mol. The standard InChI is InChI=1S/C20H30ClN7O.HI/c1-3-19-26-25-15-28(19)9-8-23-20(22-2)24-14-18(27-10-12-29-13-11-27)16-6-4-5-7-17(16)21;/h4-7,15,18H,3,8-14H2,1-2H3,(H2,22,23,24);1H. The Labute approximate surface area is 200 Å². The summed E-state index contributed by atoms with van der Waals surface area (Å²) in [5, 5.41) is 15.7. The van der Waals surface area contributed by atoms with Gasteiger partial charge in [-0.1, -0.05) is 36.7 Å². The third kappa shape index (κ3) is 6.79. The molecule has 8 nitrogen and oxygen atoms in total. The van der Waals surface area contributed by atoms with Gasteiger partial charge < -0.3 is 19.9 Å². The largest absolute Gasteiger partial charge is 0.379 e. The molecule has 0 aliphatic carbocycles. The molecule has 2 N–H and O–H groups in total. The van der Waals surface area contributed by atoms with E-state index in [9.17, 15) is 0 Å². The van der Waals surface area contributed by atoms with Crippen molar-refractivity contribution in [2.75, 3.05) is 46.4 Å². The first-order valence-corrected chi connectivity index (χ1v) is 10.5. The SMILES string of the molecule is CCc1nncn1CCNC(=NC)NCC(c1ccccc1Cl)N1CCOCC1.I. The number of guanidine groups is 1. The molecule has 1 unspecified atom stereocenters. The Morgan fingerprint density at radius 3 is 2.73 bits per heavy atom. The van der Waals surface area contributed by atoms with Gasteiger partial charge in [-0.2, -0.15) is 0 Å². The predicted octanol–water partition coefficient (Wildman–Crippen LogP) is 2.35. The number of halogens is 2. The summed E-state index contributed by atoms with van der Waals surface area (Å²) in [6, 6.07) is 8.19. The molecule has 0 bridgehead atoms. The number of nitrogens with one attached hydrogen (secondary N) is 2. The molecular formula is C20H31ClIN7O. The van der Waals surface area contributed by atoms with Gasteiger partial charge in [-0.25, -0.2) is 0 Å². The molecule has 0 amide bonds. The van der Waals surface area contributed by atoms with Crippen molar-refractivity contribution in [3.8, 4) is 0 Å². The quantitative estimate of drug-likeness (QED) is 0.300. The van der Waals surface area contributed by atoms with Crippen molar-refractivity contribution >= 4 is 41.5 Å². The van der Waals surface area contributed by atoms with Gasteiger partial charge in [-0.3, -0.25) is 9.89 Å². The summed E-state index contributed by atoms with van der Waals surface area (Å²) in [6.07, 6.45) is 2.63. The summed E-state index contributed by atoms with van der Waals surface area (Å²) in [7, 11) is 1.78. The van der Waals surface area contributed by atoms with Crippen LogP contribution in [0.3, 0.4) is 0 Å². The molecule has 3 rings (SSSR count). The fourth-order valence-corrected chi connectivity index (χ4v) is 3.78. The zero-order valence-corrected chi connectivity index (χ0v) is 20.6. The van der Waals surface area contributed by atoms with Crippen molar-refractivity contribution in [2.24, 2.45) is 4.99 Å². The van der Waals surface area contributed by atoms with E-state index < -0.39 is 0 Å². The molecule has 2 aromatic rings. The highest BCUT2D eigenvalue weighted by Crippen LogP contribution is 2.27. The Balaban J connectivity index is 0.00000320. The predicted molar refractivity (Wildman–Crippen MR) is 131 cm³/mol. The van der Waals surface area contributed by atoms with Crippen molar-refractivity contribution in [3.05, 3.63) is 47.0 Å². The van der Waals surface area contributed by atoms with Gasteiger partial charge in [0.25, 0.3) is 0 Å². The molecule has 0 saturated carbocycles. The van der Waals surface area contributed by atoms with Gasteiger partial charge in [0.05, 0.1) is 19.3 Å². The smallest absolute Gasteiger partial charge is 0.191 e. The molecule has 1 aromatic heterocycles. The second-order valence-corrected chi connectivity index (χ2v) is 7.27. The second-order valence-electron chi connectivity index (χ2n) is 6.86. The summed E-state index contributed by atoms with van der Waals surface area (Å²) in [5.74, 6) is 1.75. The van der Waals surface area contributed by atoms with Crippen LogP contribution in [0.1, 0.15) is 24.4 Å². The molecule has 10 heteroatoms. The van der Waals surface area contributed by atoms with E-state index in [-0.39, 0.29) is 30.0 Å². The van der Waals surface area contributed by atoms with E-state index in [0.29, 0.717) is 6.54 Å². The van der Waals surface area contributed by atoms with E-state index in [1.54, 1.807) is 13.4 Å². The Kier molecular flexibility index (Phi) is 10.8. The fourth-order valence-electron chi connectivity index (χ4n) is 3.52. The number of ether oxygens (including phenoxy) is 1. The molecule has 1 saturated heterocycles. The lowest BCUT2D eigenvalue weighted by Crippen LogP contribution is -2.46. The van der Waals surface area contributed by atoms with Gasteiger partial charge in [0, 0.05) is 51.2 Å². The molecule has 2 heterocycles. The summed E-state index contributed by atoms with van der Waals surface area (Å²) < 4.78 is 7.58. The van der Waals surface area contributed by atoms with Crippen LogP contribution >= 0.6 is 35.6 Å². The topological polar surface area (TPSA) is 79.6 Å². The van der Waals surface area contributed by atoms with Crippen LogP contribution in [0.25, 0.3) is 0 Å². The minimum absolute atomic E-state index is 0. The van der Waals surface area contributed by atoms with Crippen LogP contribution in [0.5, 0.6) is 0 Å². The van der Waals surface area contributed by atoms with Crippen LogP contribution in [0.4, 0.5) is 0 Å². The van der Waals surface area contributed by atoms with Crippen LogP contribution in [0.2, 0.25) is 5.02 Å². The van der Waals surface area contributed by atoms with E-state index in [4.69, 9.17) is 16.3 Å². The number of morpholine rings is 1. The van der Waals surface area contributed by atoms with Crippen molar-refractivity contribution in [1.29, 1.82) is 0 Å². The van der Waals surface area contributed by atoms with Gasteiger partial charge in [-0.05, 0) is 11.6 Å². The number of hydrogen-bond donors (Lipinski definition) is 2. The molecule has 30 heavy (non-hydrogen) atoms. The zero-order chi connectivity index (χ0) is 20.5. The number of hydrogen-bond acceptors (Lipinski definition) is 5. The molecule has 1 aromatic carbocycles. The number of benzene rings is 1. The van der Waals surface area contributed by atoms with Gasteiger partial charge in [0.15, 0.2) is 5.96 Å². The minimum Gasteiger partial charge on any atom is -0.379 e. The summed E-state index contributed by atoms with van der Waals surface area (Å²) >= 11 is 6.51. The second kappa shape index (κ2) is 13.1. The minimum atomic E-state index is 0. The Morgan fingerprint density at radius 2 is 2.03 bits per heavy atom. The van der Waals surface area contributed by atoms with Crippen molar-refractivity contribution in [3.63, 3.8) is 0 Å². The highest BCUT2D eigenvalue weighted by Gasteiger charge is 2.24. The molecule has 1 aliphatic heterocycles. The summed E-state index contributed by atoms with van der Waals surface area (Å²) in [5.41, 5.74) is 1.12. The maximum Gasteiger partial charge on any atom is 0.191 e. The maximum atomic E-state index is 6.51. The van der Waals surface area contributed by atoms with E-state index in [0.717, 1.165) is 68.2 Å². The molecule has 0 spiro atoms. The van der Waals surface area contributed by atoms with E-state index >= 15 is 0 Å². The van der Waals surface area contributed by atoms with Gasteiger partial charge in [0.2, 0.25) is 0 Å². The van der Waals surface area contributed by atoms with E-state index in [2.05, 4.69) is 48.3 Å². The lowest BCUT2D eigenvalue weighted by Gasteiger charge is -2.35. The first kappa shape index (κ1) is 24.8. The van der Waals surface area contributed by atoms with Crippen LogP contribution < -0.4 is 10.6 Å². The van der Waals surface area contributed by atoms with Crippen LogP contribution in [-0.2, 0) is 17.7 Å². The monoisotopic (exact) mass is 547 g/mol. The van der Waals surface area contributed by atoms with Gasteiger partial charge in [-0.15, -0.1) is 34.2 Å². The van der Waals surface area contributed by atoms with E-state index in [1.807, 2.05) is 18.2 Å². The summed E-state index contributed by atoms with van der Waals surface area (Å²) in [4.78, 5) is 6.77. The van der Waals surface area contributed by atoms with Gasteiger partial charge >= 0.3 is 0 Å². The fraction of sp³-hybridized carbons (Fsp3) is 0.550. The number of aromatic nitrogens is 3. The maximum absolute atomic E-state index is 6.51. The van der Waals surface area contributed by atoms with E-state index in [1.165, 1.54) is 0 Å². The Morgan fingerprint density at radius 1 is 1.27 bits per heavy atom. The van der Waals surface area contributed by atoms with Crippen LogP contribution in [0, 0.1) is 0 Å². The molecule has 1 atom stereocenters. The summed E-state index contributed by atoms with van der Waals surface area (Å²) in [6.45, 7) is 7.56. The third-order valence-electron chi connectivity index (χ3n) is 5.09. The molecule has 1 fully saturated rings. The number of aliphatic imine (C=N–C) groups is 1. The third-order valence-corrected chi connectivity index (χ3v) is 5.44. The molecule has 166 valence electrons. The van der Waals surface area contributed by atoms with Gasteiger partial charge in [0.1, 0.15) is 12.2 Å². The molecule has 1 aliphatic rings. The Hall–Kier alpha value is -1.43. The average molecular weight is 548 g/mol. The lowest BCUT2D eigenvalue weighted by atomic mass is 10.0. The average Bonchev–Trinajstić information content (AvgIpc) is 3.22. The van der Waals surface area contributed by atoms with Crippen molar-refractivity contribution in [1.82, 2.24) is 30.3 Å². The zero-order valence-electron chi connectivity index (χ0n) is 17.6. The van der Waals surface area contributed by atoms with Crippen LogP contribution in [0.15, 0.2) is 35.6 Å². The molecule has 0 radical (unpaired) electrons. The number of aryl methyl sites for hydroxylation is 1. The Bertz CT molecular complexity index is 795. The normalized spacial score (nSPS) is 16.0. The highest BCUT2D eigenvalue weighted by molar-refractivity contribution is 14.0. The first-order chi connectivity index (χ1) is 14.2. The number of rotatable bonds is 8. The number of nitrogens with zero attached hydrogens (tertiary/aromatic N) is 5. The van der Waals surface area contributed by atoms with Crippen molar-refractivity contribution in [2.45, 2.75) is 25.9 Å². The lowest BCUT2D eigenvalue weighted by molar-refractivity contribution is 0.0170. The first-order valence-electron chi connectivity index (χ1n) is 10.1. The van der Waals surface area contributed by atoms with Crippen LogP contribution in [-0.4, -0.2) is 72.1 Å². The van der Waals surface area contributed by atoms with Crippen molar-refractivity contribution < 1.29 is 4.74 Å². The highest BCUT2D eigenvalue weighted by atomic mass is 127.